The first-order valence-electron chi connectivity index (χ1n) is 8.24. The quantitative estimate of drug-likeness (QED) is 0.880. The molecule has 1 N–H and O–H groups in total. The summed E-state index contributed by atoms with van der Waals surface area (Å²) in [5, 5.41) is 2.91. The molecule has 1 amide bonds. The second kappa shape index (κ2) is 7.90. The summed E-state index contributed by atoms with van der Waals surface area (Å²) in [7, 11) is 0. The maximum atomic E-state index is 12.3. The van der Waals surface area contributed by atoms with Crippen LogP contribution in [0.15, 0.2) is 30.5 Å². The van der Waals surface area contributed by atoms with E-state index in [9.17, 15) is 4.79 Å². The number of aryl methyl sites for hydroxylation is 1. The zero-order valence-electron chi connectivity index (χ0n) is 15.0. The topological polar surface area (TPSA) is 64.1 Å². The van der Waals surface area contributed by atoms with Crippen molar-refractivity contribution < 1.29 is 9.53 Å². The van der Waals surface area contributed by atoms with Crippen LogP contribution in [0.4, 0.5) is 0 Å². The lowest BCUT2D eigenvalue weighted by Gasteiger charge is -2.11. The van der Waals surface area contributed by atoms with Gasteiger partial charge in [-0.05, 0) is 38.5 Å². The van der Waals surface area contributed by atoms with Gasteiger partial charge in [-0.15, -0.1) is 0 Å². The monoisotopic (exact) mass is 327 g/mol. The molecule has 0 bridgehead atoms. The van der Waals surface area contributed by atoms with E-state index in [-0.39, 0.29) is 17.9 Å². The van der Waals surface area contributed by atoms with Gasteiger partial charge in [0.25, 0.3) is 5.91 Å². The fourth-order valence-electron chi connectivity index (χ4n) is 2.22. The molecule has 0 aliphatic carbocycles. The Bertz CT molecular complexity index is 694. The second-order valence-corrected chi connectivity index (χ2v) is 6.38. The largest absolute Gasteiger partial charge is 0.491 e. The molecule has 1 aromatic carbocycles. The standard InChI is InChI=1S/C19H25N3O2/c1-12(2)18-20-11-17(14(5)22-18)19(23)21-10-15-6-8-16(9-7-15)24-13(3)4/h6-9,11-13H,10H2,1-5H3,(H,21,23). The normalized spacial score (nSPS) is 11.0. The van der Waals surface area contributed by atoms with Crippen molar-refractivity contribution in [2.75, 3.05) is 0 Å². The molecular weight excluding hydrogens is 302 g/mol. The van der Waals surface area contributed by atoms with Gasteiger partial charge in [0.2, 0.25) is 0 Å². The van der Waals surface area contributed by atoms with Crippen LogP contribution in [0.2, 0.25) is 0 Å². The first kappa shape index (κ1) is 17.9. The summed E-state index contributed by atoms with van der Waals surface area (Å²) >= 11 is 0. The van der Waals surface area contributed by atoms with Crippen LogP contribution in [0, 0.1) is 6.92 Å². The lowest BCUT2D eigenvalue weighted by molar-refractivity contribution is 0.0949. The summed E-state index contributed by atoms with van der Waals surface area (Å²) < 4.78 is 5.61. The third kappa shape index (κ3) is 4.78. The van der Waals surface area contributed by atoms with Crippen molar-refractivity contribution in [1.29, 1.82) is 0 Å². The minimum absolute atomic E-state index is 0.146. The maximum Gasteiger partial charge on any atom is 0.254 e. The number of hydrogen-bond donors (Lipinski definition) is 1. The van der Waals surface area contributed by atoms with Gasteiger partial charge in [0.05, 0.1) is 17.4 Å². The van der Waals surface area contributed by atoms with Gasteiger partial charge in [0, 0.05) is 18.7 Å². The van der Waals surface area contributed by atoms with Gasteiger partial charge in [-0.25, -0.2) is 9.97 Å². The van der Waals surface area contributed by atoms with E-state index < -0.39 is 0 Å². The molecule has 0 saturated carbocycles. The lowest BCUT2D eigenvalue weighted by atomic mass is 10.1. The number of nitrogens with zero attached hydrogens (tertiary/aromatic N) is 2. The summed E-state index contributed by atoms with van der Waals surface area (Å²) in [6, 6.07) is 7.72. The van der Waals surface area contributed by atoms with Crippen LogP contribution in [0.5, 0.6) is 5.75 Å². The summed E-state index contributed by atoms with van der Waals surface area (Å²) in [6.45, 7) is 10.3. The molecule has 0 fully saturated rings. The van der Waals surface area contributed by atoms with Crippen LogP contribution in [0.25, 0.3) is 0 Å². The number of amides is 1. The molecule has 0 aliphatic heterocycles. The van der Waals surface area contributed by atoms with Gasteiger partial charge in [-0.1, -0.05) is 26.0 Å². The summed E-state index contributed by atoms with van der Waals surface area (Å²) in [5.41, 5.74) is 2.22. The van der Waals surface area contributed by atoms with Gasteiger partial charge in [-0.2, -0.15) is 0 Å². The number of ether oxygens (including phenoxy) is 1. The minimum atomic E-state index is -0.162. The Labute approximate surface area is 143 Å². The van der Waals surface area contributed by atoms with E-state index in [1.54, 1.807) is 6.20 Å². The van der Waals surface area contributed by atoms with E-state index in [4.69, 9.17) is 4.74 Å². The van der Waals surface area contributed by atoms with Crippen LogP contribution in [0.1, 0.15) is 61.1 Å². The third-order valence-corrected chi connectivity index (χ3v) is 3.51. The highest BCUT2D eigenvalue weighted by atomic mass is 16.5. The van der Waals surface area contributed by atoms with Crippen molar-refractivity contribution in [3.8, 4) is 5.75 Å². The lowest BCUT2D eigenvalue weighted by Crippen LogP contribution is -2.24. The predicted octanol–water partition coefficient (Wildman–Crippen LogP) is 3.63. The van der Waals surface area contributed by atoms with Crippen LogP contribution in [-0.2, 0) is 6.54 Å². The van der Waals surface area contributed by atoms with Gasteiger partial charge in [0.1, 0.15) is 11.6 Å². The van der Waals surface area contributed by atoms with Crippen molar-refractivity contribution in [3.63, 3.8) is 0 Å². The number of aromatic nitrogens is 2. The molecule has 5 heteroatoms. The molecule has 0 spiro atoms. The van der Waals surface area contributed by atoms with E-state index >= 15 is 0 Å². The van der Waals surface area contributed by atoms with Crippen molar-refractivity contribution in [2.24, 2.45) is 0 Å². The maximum absolute atomic E-state index is 12.3. The predicted molar refractivity (Wildman–Crippen MR) is 94.2 cm³/mol. The third-order valence-electron chi connectivity index (χ3n) is 3.51. The van der Waals surface area contributed by atoms with Gasteiger partial charge >= 0.3 is 0 Å². The molecular formula is C19H25N3O2. The Hall–Kier alpha value is -2.43. The summed E-state index contributed by atoms with van der Waals surface area (Å²) in [6.07, 6.45) is 1.75. The van der Waals surface area contributed by atoms with Crippen LogP contribution in [-0.4, -0.2) is 22.0 Å². The number of nitrogens with one attached hydrogen (secondary N) is 1. The summed E-state index contributed by atoms with van der Waals surface area (Å²) in [5.74, 6) is 1.66. The molecule has 2 rings (SSSR count). The highest BCUT2D eigenvalue weighted by Crippen LogP contribution is 2.14. The fraction of sp³-hybridized carbons (Fsp3) is 0.421. The first-order chi connectivity index (χ1) is 11.4. The average molecular weight is 327 g/mol. The molecule has 24 heavy (non-hydrogen) atoms. The number of rotatable bonds is 6. The number of carbonyl (C=O) groups is 1. The molecule has 0 unspecified atom stereocenters. The van der Waals surface area contributed by atoms with Crippen molar-refractivity contribution >= 4 is 5.91 Å². The molecule has 0 aliphatic rings. The Kier molecular flexibility index (Phi) is 5.90. The van der Waals surface area contributed by atoms with Crippen molar-refractivity contribution in [3.05, 3.63) is 53.1 Å². The highest BCUT2D eigenvalue weighted by molar-refractivity contribution is 5.94. The molecule has 0 atom stereocenters. The van der Waals surface area contributed by atoms with Crippen LogP contribution >= 0.6 is 0 Å². The van der Waals surface area contributed by atoms with E-state index in [1.807, 2.05) is 58.9 Å². The summed E-state index contributed by atoms with van der Waals surface area (Å²) in [4.78, 5) is 21.0. The molecule has 2 aromatic rings. The van der Waals surface area contributed by atoms with E-state index in [0.717, 1.165) is 17.1 Å². The molecule has 5 nitrogen and oxygen atoms in total. The molecule has 0 radical (unpaired) electrons. The Morgan fingerprint density at radius 3 is 2.38 bits per heavy atom. The highest BCUT2D eigenvalue weighted by Gasteiger charge is 2.13. The van der Waals surface area contributed by atoms with E-state index in [0.29, 0.717) is 17.8 Å². The number of hydrogen-bond acceptors (Lipinski definition) is 4. The molecule has 128 valence electrons. The van der Waals surface area contributed by atoms with Gasteiger partial charge in [-0.3, -0.25) is 4.79 Å². The molecule has 0 saturated heterocycles. The molecule has 1 heterocycles. The van der Waals surface area contributed by atoms with E-state index in [2.05, 4.69) is 15.3 Å². The minimum Gasteiger partial charge on any atom is -0.491 e. The Morgan fingerprint density at radius 1 is 1.17 bits per heavy atom. The SMILES string of the molecule is Cc1nc(C(C)C)ncc1C(=O)NCc1ccc(OC(C)C)cc1. The van der Waals surface area contributed by atoms with Crippen molar-refractivity contribution in [2.45, 2.75) is 53.2 Å². The average Bonchev–Trinajstić information content (AvgIpc) is 2.53. The zero-order valence-corrected chi connectivity index (χ0v) is 15.0. The fourth-order valence-corrected chi connectivity index (χ4v) is 2.22. The Morgan fingerprint density at radius 2 is 1.83 bits per heavy atom. The number of benzene rings is 1. The zero-order chi connectivity index (χ0) is 17.7. The van der Waals surface area contributed by atoms with Gasteiger partial charge < -0.3 is 10.1 Å². The first-order valence-corrected chi connectivity index (χ1v) is 8.24. The second-order valence-electron chi connectivity index (χ2n) is 6.38. The van der Waals surface area contributed by atoms with Crippen LogP contribution < -0.4 is 10.1 Å². The van der Waals surface area contributed by atoms with Gasteiger partial charge in [0.15, 0.2) is 0 Å². The van der Waals surface area contributed by atoms with E-state index in [1.165, 1.54) is 0 Å². The van der Waals surface area contributed by atoms with Crippen molar-refractivity contribution in [1.82, 2.24) is 15.3 Å². The Balaban J connectivity index is 1.98. The smallest absolute Gasteiger partial charge is 0.254 e. The number of carbonyl (C=O) groups excluding carboxylic acids is 1. The molecule has 1 aromatic heterocycles. The van der Waals surface area contributed by atoms with Crippen LogP contribution in [0.3, 0.4) is 0 Å².